The van der Waals surface area contributed by atoms with E-state index in [1.807, 2.05) is 0 Å². The summed E-state index contributed by atoms with van der Waals surface area (Å²) in [5.74, 6) is -9.83. The van der Waals surface area contributed by atoms with Gasteiger partial charge in [0.2, 0.25) is 23.3 Å². The highest BCUT2D eigenvalue weighted by molar-refractivity contribution is 5.93. The van der Waals surface area contributed by atoms with E-state index >= 15 is 0 Å². The van der Waals surface area contributed by atoms with Gasteiger partial charge in [0.05, 0.1) is 11.3 Å². The zero-order valence-corrected chi connectivity index (χ0v) is 20.6. The molecule has 0 fully saturated rings. The lowest BCUT2D eigenvalue weighted by molar-refractivity contribution is -0.131. The fraction of sp³-hybridized carbons (Fsp3) is 0.593. The summed E-state index contributed by atoms with van der Waals surface area (Å²) in [5, 5.41) is 2.78. The van der Waals surface area contributed by atoms with Gasteiger partial charge in [0.1, 0.15) is 0 Å². The van der Waals surface area contributed by atoms with Crippen molar-refractivity contribution in [3.63, 3.8) is 0 Å². The Bertz CT molecular complexity index is 928. The maximum atomic E-state index is 13.7. The molecule has 0 bridgehead atoms. The Morgan fingerprint density at radius 2 is 1.37 bits per heavy atom. The third kappa shape index (κ3) is 8.84. The lowest BCUT2D eigenvalue weighted by Gasteiger charge is -2.20. The smallest absolute Gasteiger partial charge is 0.347 e. The monoisotopic (exact) mass is 497 g/mol. The van der Waals surface area contributed by atoms with Gasteiger partial charge in [0, 0.05) is 18.4 Å². The lowest BCUT2D eigenvalue weighted by atomic mass is 9.92. The first kappa shape index (κ1) is 28.6. The summed E-state index contributed by atoms with van der Waals surface area (Å²) in [6.07, 6.45) is 12.7. The highest BCUT2D eigenvalue weighted by Crippen LogP contribution is 2.29. The fourth-order valence-electron chi connectivity index (χ4n) is 3.98. The van der Waals surface area contributed by atoms with Gasteiger partial charge in [0.15, 0.2) is 11.6 Å². The Balaban J connectivity index is 1.95. The van der Waals surface area contributed by atoms with Crippen molar-refractivity contribution in [3.05, 3.63) is 46.3 Å². The van der Waals surface area contributed by atoms with Gasteiger partial charge in [0.25, 0.3) is 0 Å². The normalized spacial score (nSPS) is 13.5. The Kier molecular flexibility index (Phi) is 12.0. The largest absolute Gasteiger partial charge is 0.416 e. The Morgan fingerprint density at radius 1 is 0.886 bits per heavy atom. The van der Waals surface area contributed by atoms with Gasteiger partial charge in [-0.2, -0.15) is 8.78 Å². The van der Waals surface area contributed by atoms with Crippen LogP contribution in [-0.2, 0) is 9.59 Å². The molecule has 0 aromatic heterocycles. The van der Waals surface area contributed by atoms with Crippen molar-refractivity contribution in [2.45, 2.75) is 97.3 Å². The highest BCUT2D eigenvalue weighted by Gasteiger charge is 2.28. The quantitative estimate of drug-likeness (QED) is 0.0646. The molecule has 0 heterocycles. The molecular formula is C27H35F4NO3. The number of ether oxygens (including phenoxy) is 1. The minimum absolute atomic E-state index is 0.0226. The molecule has 2 rings (SSSR count). The molecule has 1 aromatic carbocycles. The second kappa shape index (κ2) is 14.7. The standard InChI is InChI=1S/C27H35F4NO3/c1-3-5-7-9-10-12-14-18(13-11-8-6-4-2)26(33)32-20-15-19(16-20)27(34)35-25-23(30)21(28)17-22(29)24(25)31/h17-18H,3-15H2,1-2H3,(H,32,33). The van der Waals surface area contributed by atoms with Crippen molar-refractivity contribution in [2.24, 2.45) is 5.92 Å². The van der Waals surface area contributed by atoms with Gasteiger partial charge in [-0.15, -0.1) is 0 Å². The van der Waals surface area contributed by atoms with Crippen LogP contribution in [0.3, 0.4) is 0 Å². The van der Waals surface area contributed by atoms with Crippen molar-refractivity contribution in [3.8, 4) is 5.75 Å². The van der Waals surface area contributed by atoms with Crippen LogP contribution in [0, 0.1) is 29.2 Å². The van der Waals surface area contributed by atoms with Crippen LogP contribution in [0.4, 0.5) is 17.6 Å². The molecule has 0 saturated carbocycles. The van der Waals surface area contributed by atoms with E-state index in [1.54, 1.807) is 0 Å². The van der Waals surface area contributed by atoms with E-state index in [0.717, 1.165) is 57.8 Å². The van der Waals surface area contributed by atoms with Crippen molar-refractivity contribution in [1.29, 1.82) is 0 Å². The Labute approximate surface area is 204 Å². The van der Waals surface area contributed by atoms with E-state index in [4.69, 9.17) is 0 Å². The summed E-state index contributed by atoms with van der Waals surface area (Å²) in [6, 6.07) is 0.0298. The molecule has 1 amide bonds. The number of hydrogen-bond acceptors (Lipinski definition) is 3. The molecule has 0 saturated heterocycles. The second-order valence-corrected chi connectivity index (χ2v) is 9.04. The first-order chi connectivity index (χ1) is 16.8. The van der Waals surface area contributed by atoms with E-state index in [1.165, 1.54) is 19.3 Å². The first-order valence-corrected chi connectivity index (χ1v) is 12.6. The Morgan fingerprint density at radius 3 is 1.91 bits per heavy atom. The minimum atomic E-state index is -1.80. The molecule has 8 heteroatoms. The number of benzene rings is 1. The van der Waals surface area contributed by atoms with Crippen molar-refractivity contribution in [2.75, 3.05) is 0 Å². The maximum absolute atomic E-state index is 13.7. The number of rotatable bonds is 16. The molecule has 35 heavy (non-hydrogen) atoms. The van der Waals surface area contributed by atoms with E-state index in [0.29, 0.717) is 5.70 Å². The molecule has 1 atom stereocenters. The first-order valence-electron chi connectivity index (χ1n) is 12.6. The van der Waals surface area contributed by atoms with Crippen LogP contribution in [-0.4, -0.2) is 11.9 Å². The molecule has 1 aromatic rings. The SMILES string of the molecule is CCCCCCCCC(CCCCCC)C(=O)NC1=C=C(C(=O)Oc2c(F)c(F)cc(F)c2F)C1. The number of nitrogens with one attached hydrogen (secondary N) is 1. The maximum Gasteiger partial charge on any atom is 0.347 e. The topological polar surface area (TPSA) is 55.4 Å². The van der Waals surface area contributed by atoms with Crippen LogP contribution in [0.5, 0.6) is 5.75 Å². The van der Waals surface area contributed by atoms with Gasteiger partial charge in [-0.05, 0) is 12.8 Å². The van der Waals surface area contributed by atoms with Crippen LogP contribution in [0.25, 0.3) is 0 Å². The number of esters is 1. The molecule has 0 radical (unpaired) electrons. The predicted octanol–water partition coefficient (Wildman–Crippen LogP) is 7.41. The van der Waals surface area contributed by atoms with Crippen molar-refractivity contribution in [1.82, 2.24) is 5.32 Å². The number of halogens is 4. The van der Waals surface area contributed by atoms with Gasteiger partial charge in [-0.25, -0.2) is 13.6 Å². The summed E-state index contributed by atoms with van der Waals surface area (Å²) in [7, 11) is 0. The second-order valence-electron chi connectivity index (χ2n) is 9.04. The summed E-state index contributed by atoms with van der Waals surface area (Å²) in [4.78, 5) is 24.9. The molecule has 1 unspecified atom stereocenters. The molecule has 1 aliphatic carbocycles. The average Bonchev–Trinajstić information content (AvgIpc) is 2.80. The predicted molar refractivity (Wildman–Crippen MR) is 125 cm³/mol. The molecule has 1 N–H and O–H groups in total. The molecule has 194 valence electrons. The lowest BCUT2D eigenvalue weighted by Crippen LogP contribution is -2.33. The molecular weight excluding hydrogens is 462 g/mol. The summed E-state index contributed by atoms with van der Waals surface area (Å²) < 4.78 is 58.5. The van der Waals surface area contributed by atoms with Crippen molar-refractivity contribution < 1.29 is 31.9 Å². The van der Waals surface area contributed by atoms with Crippen LogP contribution >= 0.6 is 0 Å². The molecule has 4 nitrogen and oxygen atoms in total. The average molecular weight is 498 g/mol. The number of unbranched alkanes of at least 4 members (excludes halogenated alkanes) is 8. The summed E-state index contributed by atoms with van der Waals surface area (Å²) >= 11 is 0. The van der Waals surface area contributed by atoms with Gasteiger partial charge in [-0.1, -0.05) is 83.8 Å². The zero-order chi connectivity index (χ0) is 25.8. The summed E-state index contributed by atoms with van der Waals surface area (Å²) in [6.45, 7) is 4.30. The van der Waals surface area contributed by atoms with Crippen LogP contribution in [0.2, 0.25) is 0 Å². The van der Waals surface area contributed by atoms with Gasteiger partial charge >= 0.3 is 5.97 Å². The van der Waals surface area contributed by atoms with E-state index in [2.05, 4.69) is 29.6 Å². The summed E-state index contributed by atoms with van der Waals surface area (Å²) in [5.41, 5.74) is 2.90. The minimum Gasteiger partial charge on any atom is -0.416 e. The number of carbonyl (C=O) groups excluding carboxylic acids is 2. The van der Waals surface area contributed by atoms with E-state index in [-0.39, 0.29) is 29.9 Å². The Hall–Kier alpha value is -2.60. The van der Waals surface area contributed by atoms with Gasteiger partial charge < -0.3 is 10.1 Å². The highest BCUT2D eigenvalue weighted by atomic mass is 19.2. The third-order valence-electron chi connectivity index (χ3n) is 6.13. The van der Waals surface area contributed by atoms with E-state index in [9.17, 15) is 27.2 Å². The van der Waals surface area contributed by atoms with Crippen molar-refractivity contribution >= 4 is 11.9 Å². The zero-order valence-electron chi connectivity index (χ0n) is 20.6. The fourth-order valence-corrected chi connectivity index (χ4v) is 3.98. The molecule has 0 aliphatic heterocycles. The number of carbonyl (C=O) groups is 2. The molecule has 1 aliphatic rings. The van der Waals surface area contributed by atoms with Crippen LogP contribution in [0.1, 0.15) is 97.3 Å². The van der Waals surface area contributed by atoms with E-state index < -0.39 is 35.0 Å². The number of hydrogen-bond donors (Lipinski definition) is 1. The third-order valence-corrected chi connectivity index (χ3v) is 6.13. The number of amides is 1. The van der Waals surface area contributed by atoms with Crippen LogP contribution in [0.15, 0.2) is 23.1 Å². The molecule has 0 spiro atoms. The van der Waals surface area contributed by atoms with Gasteiger partial charge in [-0.3, -0.25) is 4.79 Å². The van der Waals surface area contributed by atoms with Crippen LogP contribution < -0.4 is 10.1 Å².